The van der Waals surface area contributed by atoms with E-state index in [9.17, 15) is 4.55 Å². The highest BCUT2D eigenvalue weighted by Gasteiger charge is 2.21. The van der Waals surface area contributed by atoms with Gasteiger partial charge in [-0.25, -0.2) is 0 Å². The van der Waals surface area contributed by atoms with Crippen molar-refractivity contribution in [3.63, 3.8) is 0 Å². The van der Waals surface area contributed by atoms with E-state index in [4.69, 9.17) is 15.3 Å². The van der Waals surface area contributed by atoms with Crippen molar-refractivity contribution < 1.29 is 14.1 Å². The third-order valence-electron chi connectivity index (χ3n) is 5.76. The summed E-state index contributed by atoms with van der Waals surface area (Å²) in [5.41, 5.74) is 15.1. The molecule has 35 heavy (non-hydrogen) atoms. The first-order valence-corrected chi connectivity index (χ1v) is 13.2. The maximum atomic E-state index is 9.43. The van der Waals surface area contributed by atoms with Crippen molar-refractivity contribution in [2.24, 2.45) is 0 Å². The van der Waals surface area contributed by atoms with E-state index in [0.29, 0.717) is 40.0 Å². The van der Waals surface area contributed by atoms with E-state index in [2.05, 4.69) is 71.3 Å². The van der Waals surface area contributed by atoms with Crippen LogP contribution in [0.25, 0.3) is 0 Å². The molecular formula is C27H34BrN3O3S. The Morgan fingerprint density at radius 3 is 2.49 bits per heavy atom. The van der Waals surface area contributed by atoms with Gasteiger partial charge in [-0.1, -0.05) is 57.2 Å². The Bertz CT molecular complexity index is 1110. The number of rotatable bonds is 12. The molecule has 0 fully saturated rings. The van der Waals surface area contributed by atoms with Crippen molar-refractivity contribution in [2.45, 2.75) is 51.2 Å². The van der Waals surface area contributed by atoms with E-state index in [1.54, 1.807) is 13.2 Å². The highest BCUT2D eigenvalue weighted by molar-refractivity contribution is 9.10. The quantitative estimate of drug-likeness (QED) is 0.119. The smallest absolute Gasteiger partial charge is 0.144 e. The van der Waals surface area contributed by atoms with E-state index >= 15 is 0 Å². The molecule has 0 amide bonds. The normalized spacial score (nSPS) is 11.1. The largest absolute Gasteiger partial charge is 0.494 e. The first-order chi connectivity index (χ1) is 16.9. The van der Waals surface area contributed by atoms with E-state index in [1.807, 2.05) is 24.3 Å². The summed E-state index contributed by atoms with van der Waals surface area (Å²) in [5, 5.41) is 0. The molecule has 0 saturated heterocycles. The van der Waals surface area contributed by atoms with E-state index in [-0.39, 0.29) is 6.61 Å². The van der Waals surface area contributed by atoms with Crippen molar-refractivity contribution in [3.8, 4) is 5.75 Å². The van der Waals surface area contributed by atoms with Crippen molar-refractivity contribution >= 4 is 45.0 Å². The molecule has 0 aliphatic carbocycles. The van der Waals surface area contributed by atoms with Crippen LogP contribution in [0.3, 0.4) is 0 Å². The average molecular weight is 561 g/mol. The molecule has 3 aromatic rings. The van der Waals surface area contributed by atoms with Crippen molar-refractivity contribution in [2.75, 3.05) is 29.8 Å². The first kappa shape index (κ1) is 27.2. The maximum absolute atomic E-state index is 9.43. The SMILES string of the molecule is CCCN(Cc1ccc(C(C)C)cc1)c1c(OC)cc(CONc2ccccc2SO)c(Br)c1N. The molecule has 0 heterocycles. The van der Waals surface area contributed by atoms with Gasteiger partial charge in [0.15, 0.2) is 0 Å². The molecule has 0 saturated carbocycles. The lowest BCUT2D eigenvalue weighted by atomic mass is 10.0. The maximum Gasteiger partial charge on any atom is 0.144 e. The summed E-state index contributed by atoms with van der Waals surface area (Å²) >= 11 is 4.35. The summed E-state index contributed by atoms with van der Waals surface area (Å²) in [6, 6.07) is 18.1. The molecule has 0 unspecified atom stereocenters. The Balaban J connectivity index is 1.83. The lowest BCUT2D eigenvalue weighted by Gasteiger charge is -2.29. The second-order valence-electron chi connectivity index (χ2n) is 8.61. The Hall–Kier alpha value is -2.39. The lowest BCUT2D eigenvalue weighted by molar-refractivity contribution is 0.178. The number of anilines is 3. The fourth-order valence-corrected chi connectivity index (χ4v) is 4.64. The molecule has 0 atom stereocenters. The zero-order chi connectivity index (χ0) is 25.4. The molecule has 0 aliphatic rings. The average Bonchev–Trinajstić information content (AvgIpc) is 2.86. The molecular weight excluding hydrogens is 526 g/mol. The van der Waals surface area contributed by atoms with Crippen molar-refractivity contribution in [1.82, 2.24) is 0 Å². The third-order valence-corrected chi connectivity index (χ3v) is 7.25. The summed E-state index contributed by atoms with van der Waals surface area (Å²) in [5.74, 6) is 1.20. The molecule has 8 heteroatoms. The fraction of sp³-hybridized carbons (Fsp3) is 0.333. The van der Waals surface area contributed by atoms with Crippen molar-refractivity contribution in [1.29, 1.82) is 0 Å². The minimum atomic E-state index is 0.246. The van der Waals surface area contributed by atoms with Crippen LogP contribution in [0.1, 0.15) is 49.8 Å². The number of benzene rings is 3. The van der Waals surface area contributed by atoms with Crippen LogP contribution in [-0.4, -0.2) is 18.2 Å². The summed E-state index contributed by atoms with van der Waals surface area (Å²) in [6.07, 6.45) is 0.974. The number of para-hydroxylation sites is 1. The van der Waals surface area contributed by atoms with E-state index in [0.717, 1.165) is 35.2 Å². The van der Waals surface area contributed by atoms with Crippen LogP contribution in [-0.2, 0) is 18.0 Å². The molecule has 6 nitrogen and oxygen atoms in total. The van der Waals surface area contributed by atoms with Gasteiger partial charge in [-0.15, -0.1) is 0 Å². The van der Waals surface area contributed by atoms with Gasteiger partial charge in [-0.3, -0.25) is 10.3 Å². The van der Waals surface area contributed by atoms with Gasteiger partial charge in [-0.2, -0.15) is 0 Å². The molecule has 3 rings (SSSR count). The van der Waals surface area contributed by atoms with Gasteiger partial charge in [0.2, 0.25) is 0 Å². The number of nitrogen functional groups attached to an aromatic ring is 1. The minimum Gasteiger partial charge on any atom is -0.494 e. The number of hydrogen-bond acceptors (Lipinski definition) is 7. The molecule has 3 aromatic carbocycles. The first-order valence-electron chi connectivity index (χ1n) is 11.7. The Labute approximate surface area is 221 Å². The van der Waals surface area contributed by atoms with E-state index in [1.165, 1.54) is 11.1 Å². The monoisotopic (exact) mass is 559 g/mol. The van der Waals surface area contributed by atoms with Gasteiger partial charge >= 0.3 is 0 Å². The summed E-state index contributed by atoms with van der Waals surface area (Å²) in [7, 11) is 1.66. The molecule has 0 bridgehead atoms. The predicted octanol–water partition coefficient (Wildman–Crippen LogP) is 7.69. The molecule has 0 radical (unpaired) electrons. The molecule has 0 aliphatic heterocycles. The summed E-state index contributed by atoms with van der Waals surface area (Å²) in [4.78, 5) is 8.67. The fourth-order valence-electron chi connectivity index (χ4n) is 3.88. The van der Waals surface area contributed by atoms with Crippen LogP contribution >= 0.6 is 28.0 Å². The van der Waals surface area contributed by atoms with Gasteiger partial charge in [0.05, 0.1) is 23.4 Å². The van der Waals surface area contributed by atoms with Gasteiger partial charge in [-0.05, 0) is 57.6 Å². The van der Waals surface area contributed by atoms with E-state index < -0.39 is 0 Å². The Kier molecular flexibility index (Phi) is 10.2. The predicted molar refractivity (Wildman–Crippen MR) is 150 cm³/mol. The van der Waals surface area contributed by atoms with Crippen LogP contribution in [0.2, 0.25) is 0 Å². The number of nitrogens with two attached hydrogens (primary N) is 1. The Morgan fingerprint density at radius 2 is 1.86 bits per heavy atom. The molecule has 4 N–H and O–H groups in total. The molecule has 0 spiro atoms. The van der Waals surface area contributed by atoms with Gasteiger partial charge < -0.3 is 19.9 Å². The van der Waals surface area contributed by atoms with Gasteiger partial charge in [0.25, 0.3) is 0 Å². The summed E-state index contributed by atoms with van der Waals surface area (Å²) in [6.45, 7) is 8.37. The molecule has 0 aromatic heterocycles. The number of ether oxygens (including phenoxy) is 1. The Morgan fingerprint density at radius 1 is 1.14 bits per heavy atom. The molecule has 188 valence electrons. The zero-order valence-corrected chi connectivity index (χ0v) is 23.1. The number of nitrogens with zero attached hydrogens (tertiary/aromatic N) is 1. The van der Waals surface area contributed by atoms with Gasteiger partial charge in [0, 0.05) is 35.2 Å². The summed E-state index contributed by atoms with van der Waals surface area (Å²) < 4.78 is 16.0. The lowest BCUT2D eigenvalue weighted by Crippen LogP contribution is -2.25. The van der Waals surface area contributed by atoms with Crippen LogP contribution in [0.15, 0.2) is 64.0 Å². The zero-order valence-electron chi connectivity index (χ0n) is 20.7. The minimum absolute atomic E-state index is 0.246. The number of hydrogen-bond donors (Lipinski definition) is 3. The van der Waals surface area contributed by atoms with Crippen molar-refractivity contribution in [3.05, 3.63) is 75.8 Å². The third kappa shape index (κ3) is 6.85. The van der Waals surface area contributed by atoms with Crippen LogP contribution < -0.4 is 20.9 Å². The topological polar surface area (TPSA) is 80.0 Å². The second kappa shape index (κ2) is 13.1. The highest BCUT2D eigenvalue weighted by Crippen LogP contribution is 2.42. The second-order valence-corrected chi connectivity index (χ2v) is 10.0. The standard InChI is InChI=1S/C27H34BrN3O3S/c1-5-14-31(16-19-10-12-20(13-11-19)18(2)3)27-23(33-4)15-21(25(28)26(27)29)17-34-30-22-8-6-7-9-24(22)35-32/h6-13,15,18,30,32H,5,14,16-17,29H2,1-4H3. The van der Waals surface area contributed by atoms with Crippen LogP contribution in [0.5, 0.6) is 5.75 Å². The van der Waals surface area contributed by atoms with Crippen LogP contribution in [0.4, 0.5) is 17.1 Å². The van der Waals surface area contributed by atoms with Gasteiger partial charge in [0.1, 0.15) is 18.0 Å². The highest BCUT2D eigenvalue weighted by atomic mass is 79.9. The number of halogens is 1. The number of methoxy groups -OCH3 is 1. The van der Waals surface area contributed by atoms with Crippen LogP contribution in [0, 0.1) is 0 Å². The number of nitrogens with one attached hydrogen (secondary N) is 1.